The second-order valence-corrected chi connectivity index (χ2v) is 3.64. The predicted octanol–water partition coefficient (Wildman–Crippen LogP) is 1.82. The lowest BCUT2D eigenvalue weighted by Gasteiger charge is -1.99. The second kappa shape index (κ2) is 4.92. The van der Waals surface area contributed by atoms with Gasteiger partial charge in [0, 0.05) is 16.7 Å². The minimum atomic E-state index is -0.647. The fourth-order valence-electron chi connectivity index (χ4n) is 0.900. The Balaban J connectivity index is 2.89. The molecule has 0 saturated carbocycles. The zero-order valence-corrected chi connectivity index (χ0v) is 7.96. The summed E-state index contributed by atoms with van der Waals surface area (Å²) in [6.45, 7) is -0.0466. The number of hydrogen-bond acceptors (Lipinski definition) is 4. The van der Waals surface area contributed by atoms with E-state index in [-0.39, 0.29) is 12.3 Å². The summed E-state index contributed by atoms with van der Waals surface area (Å²) >= 11 is 1.17. The number of nitrogens with zero attached hydrogens (tertiary/aromatic N) is 1. The van der Waals surface area contributed by atoms with Gasteiger partial charge >= 0.3 is 0 Å². The van der Waals surface area contributed by atoms with E-state index in [4.69, 9.17) is 5.11 Å². The number of nitro groups is 1. The lowest BCUT2D eigenvalue weighted by molar-refractivity contribution is -0.385. The summed E-state index contributed by atoms with van der Waals surface area (Å²) in [6, 6.07) is 3.35. The van der Waals surface area contributed by atoms with Gasteiger partial charge in [0.2, 0.25) is 0 Å². The van der Waals surface area contributed by atoms with E-state index in [0.717, 1.165) is 6.07 Å². The molecule has 0 aromatic heterocycles. The van der Waals surface area contributed by atoms with Crippen LogP contribution in [-0.4, -0.2) is 22.4 Å². The number of thioether (sulfide) groups is 1. The molecular weight excluding hydrogens is 209 g/mol. The van der Waals surface area contributed by atoms with Crippen LogP contribution < -0.4 is 0 Å². The van der Waals surface area contributed by atoms with Crippen molar-refractivity contribution in [1.82, 2.24) is 0 Å². The first-order chi connectivity index (χ1) is 6.63. The standard InChI is InChI=1S/C8H8FNO3S/c9-6-3-7(10(12)13)5-8(4-6)14-2-1-11/h3-5,11H,1-2H2. The summed E-state index contributed by atoms with van der Waals surface area (Å²) in [5, 5.41) is 18.9. The normalized spacial score (nSPS) is 10.1. The molecule has 6 heteroatoms. The van der Waals surface area contributed by atoms with Crippen molar-refractivity contribution in [3.05, 3.63) is 34.1 Å². The van der Waals surface area contributed by atoms with Gasteiger partial charge in [-0.3, -0.25) is 10.1 Å². The largest absolute Gasteiger partial charge is 0.396 e. The quantitative estimate of drug-likeness (QED) is 0.474. The summed E-state index contributed by atoms with van der Waals surface area (Å²) in [5.41, 5.74) is -0.273. The molecule has 14 heavy (non-hydrogen) atoms. The van der Waals surface area contributed by atoms with Crippen LogP contribution in [0.25, 0.3) is 0 Å². The van der Waals surface area contributed by atoms with E-state index in [9.17, 15) is 14.5 Å². The number of aliphatic hydroxyl groups is 1. The topological polar surface area (TPSA) is 63.4 Å². The molecule has 0 saturated heterocycles. The Kier molecular flexibility index (Phi) is 3.84. The van der Waals surface area contributed by atoms with Crippen LogP contribution >= 0.6 is 11.8 Å². The summed E-state index contributed by atoms with van der Waals surface area (Å²) in [5.74, 6) is -0.250. The number of rotatable bonds is 4. The van der Waals surface area contributed by atoms with Crippen LogP contribution in [0.1, 0.15) is 0 Å². The van der Waals surface area contributed by atoms with Crippen LogP contribution in [0.3, 0.4) is 0 Å². The Hall–Kier alpha value is -1.14. The van der Waals surface area contributed by atoms with Gasteiger partial charge < -0.3 is 5.11 Å². The first-order valence-electron chi connectivity index (χ1n) is 3.82. The van der Waals surface area contributed by atoms with Crippen molar-refractivity contribution in [3.8, 4) is 0 Å². The molecule has 0 spiro atoms. The molecule has 76 valence electrons. The van der Waals surface area contributed by atoms with Crippen LogP contribution in [-0.2, 0) is 0 Å². The minimum absolute atomic E-state index is 0.0466. The number of nitro benzene ring substituents is 1. The number of halogens is 1. The smallest absolute Gasteiger partial charge is 0.273 e. The van der Waals surface area contributed by atoms with Crippen molar-refractivity contribution in [3.63, 3.8) is 0 Å². The first kappa shape index (κ1) is 10.9. The Morgan fingerprint density at radius 2 is 2.21 bits per heavy atom. The monoisotopic (exact) mass is 217 g/mol. The molecule has 1 aromatic rings. The van der Waals surface area contributed by atoms with Gasteiger partial charge in [-0.15, -0.1) is 11.8 Å². The molecular formula is C8H8FNO3S. The molecule has 0 bridgehead atoms. The summed E-state index contributed by atoms with van der Waals surface area (Å²) < 4.78 is 12.8. The molecule has 0 radical (unpaired) electrons. The van der Waals surface area contributed by atoms with E-state index in [2.05, 4.69) is 0 Å². The third-order valence-electron chi connectivity index (χ3n) is 1.43. The van der Waals surface area contributed by atoms with Crippen molar-refractivity contribution in [1.29, 1.82) is 0 Å². The highest BCUT2D eigenvalue weighted by molar-refractivity contribution is 7.99. The molecule has 0 aliphatic carbocycles. The maximum atomic E-state index is 12.8. The average molecular weight is 217 g/mol. The Labute approximate surface area is 83.9 Å². The van der Waals surface area contributed by atoms with Gasteiger partial charge in [-0.1, -0.05) is 0 Å². The van der Waals surface area contributed by atoms with Gasteiger partial charge in [0.1, 0.15) is 5.82 Å². The van der Waals surface area contributed by atoms with E-state index >= 15 is 0 Å². The van der Waals surface area contributed by atoms with Crippen LogP contribution in [0.5, 0.6) is 0 Å². The van der Waals surface area contributed by atoms with Gasteiger partial charge in [0.15, 0.2) is 0 Å². The second-order valence-electron chi connectivity index (χ2n) is 2.47. The van der Waals surface area contributed by atoms with E-state index < -0.39 is 10.7 Å². The third-order valence-corrected chi connectivity index (χ3v) is 2.38. The predicted molar refractivity (Wildman–Crippen MR) is 50.9 cm³/mol. The van der Waals surface area contributed by atoms with Crippen molar-refractivity contribution in [2.75, 3.05) is 12.4 Å². The van der Waals surface area contributed by atoms with Crippen LogP contribution in [0.15, 0.2) is 23.1 Å². The Bertz CT molecular complexity index is 345. The molecule has 1 rings (SSSR count). The van der Waals surface area contributed by atoms with E-state index in [1.807, 2.05) is 0 Å². The molecule has 0 aliphatic heterocycles. The van der Waals surface area contributed by atoms with E-state index in [1.54, 1.807) is 0 Å². The van der Waals surface area contributed by atoms with Gasteiger partial charge in [0.05, 0.1) is 17.6 Å². The zero-order chi connectivity index (χ0) is 10.6. The highest BCUT2D eigenvalue weighted by Gasteiger charge is 2.09. The third kappa shape index (κ3) is 2.97. The maximum Gasteiger partial charge on any atom is 0.273 e. The van der Waals surface area contributed by atoms with Crippen molar-refractivity contribution < 1.29 is 14.4 Å². The average Bonchev–Trinajstić information content (AvgIpc) is 2.14. The SMILES string of the molecule is O=[N+]([O-])c1cc(F)cc(SCCO)c1. The number of hydrogen-bond donors (Lipinski definition) is 1. The van der Waals surface area contributed by atoms with Crippen LogP contribution in [0.2, 0.25) is 0 Å². The Morgan fingerprint density at radius 3 is 2.79 bits per heavy atom. The summed E-state index contributed by atoms with van der Waals surface area (Å²) in [6.07, 6.45) is 0. The van der Waals surface area contributed by atoms with Crippen molar-refractivity contribution >= 4 is 17.4 Å². The molecule has 0 amide bonds. The molecule has 1 N–H and O–H groups in total. The van der Waals surface area contributed by atoms with Gasteiger partial charge in [0.25, 0.3) is 5.69 Å². The maximum absolute atomic E-state index is 12.8. The number of non-ortho nitro benzene ring substituents is 1. The fraction of sp³-hybridized carbons (Fsp3) is 0.250. The summed E-state index contributed by atoms with van der Waals surface area (Å²) in [4.78, 5) is 10.2. The molecule has 0 fully saturated rings. The molecule has 1 aromatic carbocycles. The highest BCUT2D eigenvalue weighted by atomic mass is 32.2. The molecule has 0 unspecified atom stereocenters. The van der Waals surface area contributed by atoms with Crippen LogP contribution in [0, 0.1) is 15.9 Å². The van der Waals surface area contributed by atoms with E-state index in [0.29, 0.717) is 10.6 Å². The van der Waals surface area contributed by atoms with Gasteiger partial charge in [-0.2, -0.15) is 0 Å². The lowest BCUT2D eigenvalue weighted by atomic mass is 10.3. The number of benzene rings is 1. The number of aliphatic hydroxyl groups excluding tert-OH is 1. The Morgan fingerprint density at radius 1 is 1.50 bits per heavy atom. The van der Waals surface area contributed by atoms with Gasteiger partial charge in [-0.05, 0) is 6.07 Å². The first-order valence-corrected chi connectivity index (χ1v) is 4.80. The van der Waals surface area contributed by atoms with Crippen LogP contribution in [0.4, 0.5) is 10.1 Å². The van der Waals surface area contributed by atoms with Crippen molar-refractivity contribution in [2.45, 2.75) is 4.90 Å². The van der Waals surface area contributed by atoms with E-state index in [1.165, 1.54) is 23.9 Å². The lowest BCUT2D eigenvalue weighted by Crippen LogP contribution is -1.91. The molecule has 4 nitrogen and oxygen atoms in total. The summed E-state index contributed by atoms with van der Waals surface area (Å²) in [7, 11) is 0. The minimum Gasteiger partial charge on any atom is -0.396 e. The van der Waals surface area contributed by atoms with Crippen molar-refractivity contribution in [2.24, 2.45) is 0 Å². The molecule has 0 atom stereocenters. The van der Waals surface area contributed by atoms with Gasteiger partial charge in [-0.25, -0.2) is 4.39 Å². The molecule has 0 heterocycles. The fourth-order valence-corrected chi connectivity index (χ4v) is 1.63. The highest BCUT2D eigenvalue weighted by Crippen LogP contribution is 2.24. The molecule has 0 aliphatic rings. The zero-order valence-electron chi connectivity index (χ0n) is 7.14.